The average molecular weight is 429 g/mol. The Hall–Kier alpha value is -2.51. The number of ether oxygens (including phenoxy) is 1. The normalized spacial score (nSPS) is 16.4. The van der Waals surface area contributed by atoms with E-state index >= 15 is 0 Å². The molecule has 1 saturated heterocycles. The summed E-state index contributed by atoms with van der Waals surface area (Å²) in [4.78, 5) is 24.2. The van der Waals surface area contributed by atoms with E-state index in [2.05, 4.69) is 10.6 Å². The van der Waals surface area contributed by atoms with E-state index in [-0.39, 0.29) is 23.5 Å². The molecule has 2 aromatic rings. The van der Waals surface area contributed by atoms with Gasteiger partial charge in [0.05, 0.1) is 12.5 Å². The minimum Gasteiger partial charge on any atom is -0.381 e. The van der Waals surface area contributed by atoms with Gasteiger partial charge in [0.25, 0.3) is 0 Å². The first-order valence-electron chi connectivity index (χ1n) is 10.2. The molecule has 30 heavy (non-hydrogen) atoms. The van der Waals surface area contributed by atoms with E-state index in [4.69, 9.17) is 4.74 Å². The first-order chi connectivity index (χ1) is 14.5. The van der Waals surface area contributed by atoms with E-state index in [0.29, 0.717) is 24.7 Å². The van der Waals surface area contributed by atoms with Gasteiger partial charge in [-0.05, 0) is 36.1 Å². The fourth-order valence-corrected chi connectivity index (χ4v) is 5.00. The predicted octanol–water partition coefficient (Wildman–Crippen LogP) is 3.32. The molecule has 0 bridgehead atoms. The maximum atomic E-state index is 12.6. The van der Waals surface area contributed by atoms with Gasteiger partial charge < -0.3 is 15.4 Å². The Morgan fingerprint density at radius 2 is 1.83 bits per heavy atom. The molecule has 0 spiro atoms. The van der Waals surface area contributed by atoms with Crippen molar-refractivity contribution in [3.63, 3.8) is 0 Å². The topological polar surface area (TPSA) is 84.5 Å². The minimum atomic E-state index is -0.959. The van der Waals surface area contributed by atoms with Crippen molar-refractivity contribution in [3.8, 4) is 0 Å². The number of carbonyl (C=O) groups is 2. The number of nitrogens with one attached hydrogen (secondary N) is 2. The van der Waals surface area contributed by atoms with Gasteiger partial charge in [-0.25, -0.2) is 0 Å². The molecule has 3 rings (SSSR count). The monoisotopic (exact) mass is 428 g/mol. The molecule has 1 fully saturated rings. The van der Waals surface area contributed by atoms with Crippen molar-refractivity contribution in [2.45, 2.75) is 43.2 Å². The molecule has 2 N–H and O–H groups in total. The molecule has 2 aromatic carbocycles. The van der Waals surface area contributed by atoms with Gasteiger partial charge in [-0.3, -0.25) is 13.8 Å². The SMILES string of the molecule is CC(=O)NC(CC(=O)Nc1cccc(CS(=O)C2CCOCC2)c1)c1ccccc1. The summed E-state index contributed by atoms with van der Waals surface area (Å²) in [6.45, 7) is 2.78. The van der Waals surface area contributed by atoms with Gasteiger partial charge in [-0.1, -0.05) is 42.5 Å². The van der Waals surface area contributed by atoms with Crippen LogP contribution in [0.25, 0.3) is 0 Å². The first-order valence-corrected chi connectivity index (χ1v) is 11.5. The van der Waals surface area contributed by atoms with E-state index in [0.717, 1.165) is 24.0 Å². The van der Waals surface area contributed by atoms with Crippen LogP contribution in [0.1, 0.15) is 43.4 Å². The molecule has 2 amide bonds. The van der Waals surface area contributed by atoms with Gasteiger partial charge in [-0.2, -0.15) is 0 Å². The zero-order valence-electron chi connectivity index (χ0n) is 17.1. The number of benzene rings is 2. The van der Waals surface area contributed by atoms with Gasteiger partial charge in [0.15, 0.2) is 0 Å². The second-order valence-corrected chi connectivity index (χ2v) is 9.17. The molecule has 7 heteroatoms. The Kier molecular flexibility index (Phi) is 8.16. The van der Waals surface area contributed by atoms with Crippen LogP contribution in [0.2, 0.25) is 0 Å². The lowest BCUT2D eigenvalue weighted by Gasteiger charge is -2.21. The number of amides is 2. The van der Waals surface area contributed by atoms with Crippen molar-refractivity contribution in [2.75, 3.05) is 18.5 Å². The zero-order valence-corrected chi connectivity index (χ0v) is 18.0. The van der Waals surface area contributed by atoms with Gasteiger partial charge in [0.1, 0.15) is 0 Å². The number of carbonyl (C=O) groups excluding carboxylic acids is 2. The predicted molar refractivity (Wildman–Crippen MR) is 118 cm³/mol. The third-order valence-electron chi connectivity index (χ3n) is 5.03. The Morgan fingerprint density at radius 1 is 1.10 bits per heavy atom. The Balaban J connectivity index is 1.61. The molecule has 1 heterocycles. The molecule has 1 aliphatic rings. The summed E-state index contributed by atoms with van der Waals surface area (Å²) in [6, 6.07) is 16.5. The molecule has 6 nitrogen and oxygen atoms in total. The second kappa shape index (κ2) is 11.0. The molecule has 0 radical (unpaired) electrons. The highest BCUT2D eigenvalue weighted by molar-refractivity contribution is 7.84. The molecule has 2 unspecified atom stereocenters. The molecule has 0 saturated carbocycles. The number of anilines is 1. The third-order valence-corrected chi connectivity index (χ3v) is 6.86. The minimum absolute atomic E-state index is 0.127. The van der Waals surface area contributed by atoms with Crippen LogP contribution in [0, 0.1) is 0 Å². The van der Waals surface area contributed by atoms with Crippen LogP contribution in [-0.2, 0) is 30.9 Å². The highest BCUT2D eigenvalue weighted by Gasteiger charge is 2.21. The largest absolute Gasteiger partial charge is 0.381 e. The lowest BCUT2D eigenvalue weighted by atomic mass is 10.0. The van der Waals surface area contributed by atoms with Crippen LogP contribution in [0.4, 0.5) is 5.69 Å². The number of rotatable bonds is 8. The summed E-state index contributed by atoms with van der Waals surface area (Å²) in [7, 11) is -0.959. The Morgan fingerprint density at radius 3 is 2.53 bits per heavy atom. The van der Waals surface area contributed by atoms with Crippen LogP contribution < -0.4 is 10.6 Å². The summed E-state index contributed by atoms with van der Waals surface area (Å²) in [5.74, 6) is 0.0851. The van der Waals surface area contributed by atoms with Gasteiger partial charge in [-0.15, -0.1) is 0 Å². The molecular formula is C23H28N2O4S. The van der Waals surface area contributed by atoms with Gasteiger partial charge in [0, 0.05) is 47.6 Å². The van der Waals surface area contributed by atoms with Gasteiger partial charge >= 0.3 is 0 Å². The molecule has 160 valence electrons. The van der Waals surface area contributed by atoms with E-state index in [1.165, 1.54) is 6.92 Å². The molecule has 0 aromatic heterocycles. The van der Waals surface area contributed by atoms with E-state index in [1.807, 2.05) is 54.6 Å². The van der Waals surface area contributed by atoms with Crippen LogP contribution in [0.15, 0.2) is 54.6 Å². The van der Waals surface area contributed by atoms with Crippen molar-refractivity contribution >= 4 is 28.3 Å². The number of hydrogen-bond acceptors (Lipinski definition) is 4. The molecule has 1 aliphatic heterocycles. The fourth-order valence-electron chi connectivity index (χ4n) is 3.54. The van der Waals surface area contributed by atoms with Crippen molar-refractivity contribution in [1.29, 1.82) is 0 Å². The summed E-state index contributed by atoms with van der Waals surface area (Å²) in [5, 5.41) is 5.90. The highest BCUT2D eigenvalue weighted by atomic mass is 32.2. The quantitative estimate of drug-likeness (QED) is 0.676. The number of hydrogen-bond donors (Lipinski definition) is 2. The van der Waals surface area contributed by atoms with Crippen molar-refractivity contribution in [2.24, 2.45) is 0 Å². The maximum absolute atomic E-state index is 12.6. The lowest BCUT2D eigenvalue weighted by Crippen LogP contribution is -2.29. The standard InChI is InChI=1S/C23H28N2O4S/c1-17(26)24-22(19-7-3-2-4-8-19)15-23(27)25-20-9-5-6-18(14-20)16-30(28)21-10-12-29-13-11-21/h2-9,14,21-22H,10-13,15-16H2,1H3,(H,24,26)(H,25,27). The van der Waals surface area contributed by atoms with Crippen molar-refractivity contribution in [3.05, 3.63) is 65.7 Å². The van der Waals surface area contributed by atoms with Crippen molar-refractivity contribution < 1.29 is 18.5 Å². The summed E-state index contributed by atoms with van der Waals surface area (Å²) >= 11 is 0. The third kappa shape index (κ3) is 6.78. The van der Waals surface area contributed by atoms with Crippen LogP contribution in [0.3, 0.4) is 0 Å². The van der Waals surface area contributed by atoms with Crippen LogP contribution in [-0.4, -0.2) is 34.5 Å². The van der Waals surface area contributed by atoms with Crippen LogP contribution >= 0.6 is 0 Å². The smallest absolute Gasteiger partial charge is 0.226 e. The van der Waals surface area contributed by atoms with E-state index in [1.54, 1.807) is 0 Å². The zero-order chi connectivity index (χ0) is 21.3. The van der Waals surface area contributed by atoms with Crippen LogP contribution in [0.5, 0.6) is 0 Å². The fraction of sp³-hybridized carbons (Fsp3) is 0.391. The Labute approximate surface area is 179 Å². The average Bonchev–Trinajstić information content (AvgIpc) is 2.74. The first kappa shape index (κ1) is 22.2. The van der Waals surface area contributed by atoms with E-state index < -0.39 is 16.8 Å². The summed E-state index contributed by atoms with van der Waals surface area (Å²) < 4.78 is 18.0. The molecular weight excluding hydrogens is 400 g/mol. The van der Waals surface area contributed by atoms with Crippen molar-refractivity contribution in [1.82, 2.24) is 5.32 Å². The second-order valence-electron chi connectivity index (χ2n) is 7.45. The maximum Gasteiger partial charge on any atom is 0.226 e. The highest BCUT2D eigenvalue weighted by Crippen LogP contribution is 2.21. The summed E-state index contributed by atoms with van der Waals surface area (Å²) in [5.41, 5.74) is 2.47. The molecule has 0 aliphatic carbocycles. The summed E-state index contributed by atoms with van der Waals surface area (Å²) in [6.07, 6.45) is 1.78. The molecule has 2 atom stereocenters. The Bertz CT molecular complexity index is 882. The lowest BCUT2D eigenvalue weighted by molar-refractivity contribution is -0.120. The van der Waals surface area contributed by atoms with E-state index in [9.17, 15) is 13.8 Å². The van der Waals surface area contributed by atoms with Gasteiger partial charge in [0.2, 0.25) is 11.8 Å².